The van der Waals surface area contributed by atoms with E-state index in [1.807, 2.05) is 0 Å². The fourth-order valence-corrected chi connectivity index (χ4v) is 2.78. The van der Waals surface area contributed by atoms with Gasteiger partial charge in [-0.05, 0) is 31.0 Å². The fraction of sp³-hybridized carbons (Fsp3) is 0.588. The normalized spacial score (nSPS) is 14.6. The number of likely N-dealkylation sites (N-methyl/N-ethyl adjacent to an activating group) is 1. The molecule has 3 nitrogen and oxygen atoms in total. The highest BCUT2D eigenvalue weighted by molar-refractivity contribution is 5.75. The van der Waals surface area contributed by atoms with Crippen molar-refractivity contribution < 1.29 is 0 Å². The molecule has 1 heterocycles. The predicted octanol–water partition coefficient (Wildman–Crippen LogP) is 3.53. The third-order valence-corrected chi connectivity index (χ3v) is 4.19. The number of fused-ring (bicyclic) bond motifs is 1. The summed E-state index contributed by atoms with van der Waals surface area (Å²) in [6.45, 7) is 7.80. The Balaban J connectivity index is 2.17. The number of aromatic nitrogens is 2. The van der Waals surface area contributed by atoms with E-state index in [1.54, 1.807) is 0 Å². The second kappa shape index (κ2) is 6.89. The van der Waals surface area contributed by atoms with E-state index >= 15 is 0 Å². The molecule has 2 atom stereocenters. The molecule has 1 N–H and O–H groups in total. The molecule has 0 amide bonds. The van der Waals surface area contributed by atoms with Crippen molar-refractivity contribution in [2.24, 2.45) is 13.0 Å². The summed E-state index contributed by atoms with van der Waals surface area (Å²) in [4.78, 5) is 4.79. The predicted molar refractivity (Wildman–Crippen MR) is 86.0 cm³/mol. The van der Waals surface area contributed by atoms with Gasteiger partial charge in [-0.2, -0.15) is 0 Å². The first-order chi connectivity index (χ1) is 9.65. The molecule has 2 aromatic rings. The van der Waals surface area contributed by atoms with Crippen molar-refractivity contribution in [3.8, 4) is 0 Å². The second-order valence-corrected chi connectivity index (χ2v) is 5.78. The molecule has 0 aliphatic rings. The molecule has 110 valence electrons. The Labute approximate surface area is 122 Å². The van der Waals surface area contributed by atoms with Crippen LogP contribution in [-0.4, -0.2) is 22.1 Å². The minimum absolute atomic E-state index is 0.519. The average Bonchev–Trinajstić information content (AvgIpc) is 2.76. The summed E-state index contributed by atoms with van der Waals surface area (Å²) in [7, 11) is 2.12. The van der Waals surface area contributed by atoms with E-state index in [4.69, 9.17) is 4.98 Å². The van der Waals surface area contributed by atoms with E-state index in [-0.39, 0.29) is 0 Å². The lowest BCUT2D eigenvalue weighted by Gasteiger charge is -2.21. The number of nitrogens with zero attached hydrogens (tertiary/aromatic N) is 2. The number of rotatable bonds is 7. The van der Waals surface area contributed by atoms with Crippen molar-refractivity contribution in [2.75, 3.05) is 6.54 Å². The molecule has 20 heavy (non-hydrogen) atoms. The number of hydrogen-bond donors (Lipinski definition) is 1. The maximum absolute atomic E-state index is 4.79. The zero-order valence-corrected chi connectivity index (χ0v) is 13.2. The van der Waals surface area contributed by atoms with Gasteiger partial charge >= 0.3 is 0 Å². The molecule has 3 heteroatoms. The van der Waals surface area contributed by atoms with E-state index in [0.29, 0.717) is 6.04 Å². The van der Waals surface area contributed by atoms with E-state index in [1.165, 1.54) is 24.2 Å². The largest absolute Gasteiger partial charge is 0.331 e. The molecule has 0 fully saturated rings. The molecule has 0 saturated carbocycles. The summed E-state index contributed by atoms with van der Waals surface area (Å²) in [5.74, 6) is 1.94. The highest BCUT2D eigenvalue weighted by Gasteiger charge is 2.16. The van der Waals surface area contributed by atoms with Crippen LogP contribution in [0.5, 0.6) is 0 Å². The lowest BCUT2D eigenvalue weighted by Crippen LogP contribution is -2.33. The summed E-state index contributed by atoms with van der Waals surface area (Å²) in [6, 6.07) is 8.89. The standard InChI is InChI=1S/C17H27N3/c1-5-13(3)11-14(18-6-2)12-17-19-15-9-7-8-10-16(15)20(17)4/h7-10,13-14,18H,5-6,11-12H2,1-4H3. The monoisotopic (exact) mass is 273 g/mol. The van der Waals surface area contributed by atoms with Crippen molar-refractivity contribution in [1.29, 1.82) is 0 Å². The first-order valence-corrected chi connectivity index (χ1v) is 7.79. The smallest absolute Gasteiger partial charge is 0.111 e. The van der Waals surface area contributed by atoms with Gasteiger partial charge in [-0.1, -0.05) is 39.3 Å². The van der Waals surface area contributed by atoms with E-state index in [2.05, 4.69) is 62.0 Å². The number of nitrogens with one attached hydrogen (secondary N) is 1. The molecular formula is C17H27N3. The summed E-state index contributed by atoms with van der Waals surface area (Å²) < 4.78 is 2.23. The minimum Gasteiger partial charge on any atom is -0.331 e. The molecule has 0 aliphatic carbocycles. The number of hydrogen-bond acceptors (Lipinski definition) is 2. The van der Waals surface area contributed by atoms with Crippen LogP contribution >= 0.6 is 0 Å². The van der Waals surface area contributed by atoms with Gasteiger partial charge in [0.2, 0.25) is 0 Å². The quantitative estimate of drug-likeness (QED) is 0.836. The maximum Gasteiger partial charge on any atom is 0.111 e. The lowest BCUT2D eigenvalue weighted by molar-refractivity contribution is 0.391. The van der Waals surface area contributed by atoms with Crippen LogP contribution in [0.2, 0.25) is 0 Å². The summed E-state index contributed by atoms with van der Waals surface area (Å²) >= 11 is 0. The highest BCUT2D eigenvalue weighted by Crippen LogP contribution is 2.18. The molecule has 0 bridgehead atoms. The Morgan fingerprint density at radius 1 is 1.25 bits per heavy atom. The molecule has 0 aliphatic heterocycles. The van der Waals surface area contributed by atoms with Crippen molar-refractivity contribution in [1.82, 2.24) is 14.9 Å². The van der Waals surface area contributed by atoms with Gasteiger partial charge in [0, 0.05) is 19.5 Å². The van der Waals surface area contributed by atoms with Crippen molar-refractivity contribution in [2.45, 2.75) is 46.1 Å². The summed E-state index contributed by atoms with van der Waals surface area (Å²) in [5, 5.41) is 3.61. The van der Waals surface area contributed by atoms with Gasteiger partial charge in [0.1, 0.15) is 5.82 Å². The van der Waals surface area contributed by atoms with E-state index < -0.39 is 0 Å². The highest BCUT2D eigenvalue weighted by atomic mass is 15.1. The minimum atomic E-state index is 0.519. The van der Waals surface area contributed by atoms with Gasteiger partial charge in [-0.3, -0.25) is 0 Å². The Bertz CT molecular complexity index is 544. The Morgan fingerprint density at radius 2 is 2.00 bits per heavy atom. The van der Waals surface area contributed by atoms with Crippen LogP contribution in [0.25, 0.3) is 11.0 Å². The molecule has 0 radical (unpaired) electrons. The number of benzene rings is 1. The van der Waals surface area contributed by atoms with Gasteiger partial charge < -0.3 is 9.88 Å². The molecule has 0 spiro atoms. The van der Waals surface area contributed by atoms with Crippen molar-refractivity contribution >= 4 is 11.0 Å². The second-order valence-electron chi connectivity index (χ2n) is 5.78. The molecule has 2 unspecified atom stereocenters. The van der Waals surface area contributed by atoms with Gasteiger partial charge in [0.15, 0.2) is 0 Å². The van der Waals surface area contributed by atoms with Crippen molar-refractivity contribution in [3.63, 3.8) is 0 Å². The third kappa shape index (κ3) is 3.40. The van der Waals surface area contributed by atoms with Crippen LogP contribution in [0.1, 0.15) is 39.4 Å². The van der Waals surface area contributed by atoms with E-state index in [0.717, 1.165) is 24.4 Å². The van der Waals surface area contributed by atoms with Crippen LogP contribution in [0.4, 0.5) is 0 Å². The Kier molecular flexibility index (Phi) is 5.18. The third-order valence-electron chi connectivity index (χ3n) is 4.19. The van der Waals surface area contributed by atoms with Gasteiger partial charge in [0.25, 0.3) is 0 Å². The van der Waals surface area contributed by atoms with Gasteiger partial charge in [0.05, 0.1) is 11.0 Å². The first kappa shape index (κ1) is 15.0. The maximum atomic E-state index is 4.79. The average molecular weight is 273 g/mol. The van der Waals surface area contributed by atoms with Crippen molar-refractivity contribution in [3.05, 3.63) is 30.1 Å². The molecule has 1 aromatic carbocycles. The lowest BCUT2D eigenvalue weighted by atomic mass is 9.97. The Hall–Kier alpha value is -1.35. The zero-order valence-electron chi connectivity index (χ0n) is 13.2. The van der Waals surface area contributed by atoms with E-state index in [9.17, 15) is 0 Å². The fourth-order valence-electron chi connectivity index (χ4n) is 2.78. The topological polar surface area (TPSA) is 29.9 Å². The summed E-state index contributed by atoms with van der Waals surface area (Å²) in [6.07, 6.45) is 3.46. The van der Waals surface area contributed by atoms with Crippen LogP contribution in [0.15, 0.2) is 24.3 Å². The molecule has 2 rings (SSSR count). The SMILES string of the molecule is CCNC(Cc1nc2ccccc2n1C)CC(C)CC. The number of para-hydroxylation sites is 2. The van der Waals surface area contributed by atoms with Crippen LogP contribution in [-0.2, 0) is 13.5 Å². The zero-order chi connectivity index (χ0) is 14.5. The van der Waals surface area contributed by atoms with Crippen LogP contribution < -0.4 is 5.32 Å². The molecular weight excluding hydrogens is 246 g/mol. The number of imidazole rings is 1. The van der Waals surface area contributed by atoms with Gasteiger partial charge in [-0.25, -0.2) is 4.98 Å². The van der Waals surface area contributed by atoms with Crippen LogP contribution in [0.3, 0.4) is 0 Å². The van der Waals surface area contributed by atoms with Gasteiger partial charge in [-0.15, -0.1) is 0 Å². The first-order valence-electron chi connectivity index (χ1n) is 7.79. The molecule has 1 aromatic heterocycles. The summed E-state index contributed by atoms with van der Waals surface area (Å²) in [5.41, 5.74) is 2.32. The molecule has 0 saturated heterocycles. The van der Waals surface area contributed by atoms with Crippen LogP contribution in [0, 0.1) is 5.92 Å². The number of aryl methyl sites for hydroxylation is 1. The Morgan fingerprint density at radius 3 is 2.65 bits per heavy atom.